The van der Waals surface area contributed by atoms with E-state index in [9.17, 15) is 4.89 Å². The molecule has 0 saturated carbocycles. The van der Waals surface area contributed by atoms with Crippen LogP contribution in [0.1, 0.15) is 5.56 Å². The van der Waals surface area contributed by atoms with Gasteiger partial charge in [-0.2, -0.15) is 0 Å². The fourth-order valence-corrected chi connectivity index (χ4v) is 2.15. The second-order valence-electron chi connectivity index (χ2n) is 3.98. The quantitative estimate of drug-likeness (QED) is 0.852. The molecule has 1 aromatic carbocycles. The molecule has 1 atom stereocenters. The van der Waals surface area contributed by atoms with Crippen LogP contribution in [0, 0.1) is 6.92 Å². The number of aryl methyl sites for hydroxylation is 1. The van der Waals surface area contributed by atoms with E-state index >= 15 is 0 Å². The first-order chi connectivity index (χ1) is 8.03. The van der Waals surface area contributed by atoms with Crippen molar-refractivity contribution >= 4 is 13.2 Å². The minimum absolute atomic E-state index is 0.399. The van der Waals surface area contributed by atoms with Crippen LogP contribution in [0.15, 0.2) is 34.9 Å². The Morgan fingerprint density at radius 3 is 2.53 bits per heavy atom. The highest BCUT2D eigenvalue weighted by Gasteiger charge is 2.38. The average molecular weight is 252 g/mol. The van der Waals surface area contributed by atoms with Crippen molar-refractivity contribution in [3.8, 4) is 11.3 Å². The number of hydrogen-bond acceptors (Lipinski definition) is 4. The van der Waals surface area contributed by atoms with Crippen molar-refractivity contribution in [3.05, 3.63) is 35.9 Å². The van der Waals surface area contributed by atoms with Crippen LogP contribution in [0.3, 0.4) is 0 Å². The smallest absolute Gasteiger partial charge is 0.313 e. The van der Waals surface area contributed by atoms with Crippen molar-refractivity contribution in [1.82, 2.24) is 5.16 Å². The van der Waals surface area contributed by atoms with Gasteiger partial charge in [-0.1, -0.05) is 35.0 Å². The van der Waals surface area contributed by atoms with Crippen LogP contribution in [-0.4, -0.2) is 23.8 Å². The van der Waals surface area contributed by atoms with E-state index in [1.54, 1.807) is 12.7 Å². The molecule has 0 radical (unpaired) electrons. The van der Waals surface area contributed by atoms with E-state index < -0.39 is 7.72 Å². The van der Waals surface area contributed by atoms with Gasteiger partial charge in [-0.25, -0.2) is 9.42 Å². The first-order valence-electron chi connectivity index (χ1n) is 5.22. The summed E-state index contributed by atoms with van der Waals surface area (Å²) in [5.74, 6) is 0. The standard InChI is InChI=1S/C12H15NO3P/c1-9-4-6-10(7-5-9)11-8-12(16-13-11)17(3,14)15-2/h4-8,14H,1-3H3/q+1. The van der Waals surface area contributed by atoms with Crippen molar-refractivity contribution < 1.29 is 13.9 Å². The van der Waals surface area contributed by atoms with Crippen molar-refractivity contribution in [2.75, 3.05) is 13.8 Å². The number of benzene rings is 1. The highest BCUT2D eigenvalue weighted by molar-refractivity contribution is 7.72. The van der Waals surface area contributed by atoms with Crippen molar-refractivity contribution in [3.63, 3.8) is 0 Å². The second-order valence-corrected chi connectivity index (χ2v) is 6.54. The Labute approximate surface area is 101 Å². The third-order valence-corrected chi connectivity index (χ3v) is 4.35. The molecule has 0 aliphatic rings. The zero-order valence-electron chi connectivity index (χ0n) is 10.0. The molecule has 0 aliphatic heterocycles. The molecule has 1 heterocycles. The maximum Gasteiger partial charge on any atom is 0.339 e. The van der Waals surface area contributed by atoms with Gasteiger partial charge in [0.15, 0.2) is 0 Å². The average Bonchev–Trinajstić information content (AvgIpc) is 2.80. The second kappa shape index (κ2) is 4.57. The molecule has 0 bridgehead atoms. The highest BCUT2D eigenvalue weighted by atomic mass is 31.2. The Balaban J connectivity index is 2.33. The molecule has 2 aromatic rings. The summed E-state index contributed by atoms with van der Waals surface area (Å²) in [6, 6.07) is 9.68. The molecule has 5 heteroatoms. The van der Waals surface area contributed by atoms with Crippen molar-refractivity contribution in [2.45, 2.75) is 6.92 Å². The summed E-state index contributed by atoms with van der Waals surface area (Å²) in [6.07, 6.45) is 0. The van der Waals surface area contributed by atoms with Gasteiger partial charge in [0.2, 0.25) is 0 Å². The SMILES string of the molecule is CO[P+](C)(O)c1cc(-c2ccc(C)cc2)no1. The normalized spacial score (nSPS) is 14.6. The van der Waals surface area contributed by atoms with E-state index in [1.807, 2.05) is 31.2 Å². The van der Waals surface area contributed by atoms with Crippen LogP contribution >= 0.6 is 7.72 Å². The third-order valence-electron chi connectivity index (χ3n) is 2.61. The molecule has 90 valence electrons. The summed E-state index contributed by atoms with van der Waals surface area (Å²) in [4.78, 5) is 9.95. The van der Waals surface area contributed by atoms with Gasteiger partial charge in [0.05, 0.1) is 13.2 Å². The number of aromatic nitrogens is 1. The summed E-state index contributed by atoms with van der Waals surface area (Å²) in [5, 5.41) is 3.94. The summed E-state index contributed by atoms with van der Waals surface area (Å²) in [7, 11) is -1.15. The van der Waals surface area contributed by atoms with E-state index in [0.717, 1.165) is 5.56 Å². The zero-order valence-corrected chi connectivity index (χ0v) is 10.9. The molecule has 0 fully saturated rings. The molecule has 2 rings (SSSR count). The maximum atomic E-state index is 9.95. The van der Waals surface area contributed by atoms with Gasteiger partial charge in [0.25, 0.3) is 0 Å². The van der Waals surface area contributed by atoms with Crippen LogP contribution < -0.4 is 5.50 Å². The molecule has 1 unspecified atom stereocenters. The fraction of sp³-hybridized carbons (Fsp3) is 0.250. The molecule has 4 nitrogen and oxygen atoms in total. The van der Waals surface area contributed by atoms with Crippen LogP contribution in [0.4, 0.5) is 0 Å². The summed E-state index contributed by atoms with van der Waals surface area (Å²) < 4.78 is 10.2. The van der Waals surface area contributed by atoms with Gasteiger partial charge >= 0.3 is 13.2 Å². The van der Waals surface area contributed by atoms with Gasteiger partial charge in [0, 0.05) is 5.56 Å². The van der Waals surface area contributed by atoms with Crippen LogP contribution in [0.2, 0.25) is 0 Å². The lowest BCUT2D eigenvalue weighted by molar-refractivity contribution is 0.362. The molecular weight excluding hydrogens is 237 g/mol. The maximum absolute atomic E-state index is 9.95. The first kappa shape index (κ1) is 12.2. The topological polar surface area (TPSA) is 55.5 Å². The van der Waals surface area contributed by atoms with E-state index in [-0.39, 0.29) is 0 Å². The van der Waals surface area contributed by atoms with E-state index in [1.165, 1.54) is 12.7 Å². The lowest BCUT2D eigenvalue weighted by atomic mass is 10.1. The van der Waals surface area contributed by atoms with Gasteiger partial charge in [-0.05, 0) is 6.92 Å². The zero-order chi connectivity index (χ0) is 12.5. The Morgan fingerprint density at radius 1 is 1.29 bits per heavy atom. The Bertz CT molecular complexity index is 505. The summed E-state index contributed by atoms with van der Waals surface area (Å²) >= 11 is 0. The van der Waals surface area contributed by atoms with Gasteiger partial charge in [0.1, 0.15) is 12.4 Å². The predicted molar refractivity (Wildman–Crippen MR) is 68.4 cm³/mol. The number of rotatable bonds is 3. The minimum atomic E-state index is -2.61. The molecular formula is C12H15NO3P+. The molecule has 0 saturated heterocycles. The Kier molecular flexibility index (Phi) is 3.29. The minimum Gasteiger partial charge on any atom is -0.313 e. The largest absolute Gasteiger partial charge is 0.339 e. The Hall–Kier alpha value is -1.22. The monoisotopic (exact) mass is 252 g/mol. The molecule has 1 aromatic heterocycles. The molecule has 17 heavy (non-hydrogen) atoms. The lowest BCUT2D eigenvalue weighted by Crippen LogP contribution is -2.08. The molecule has 0 spiro atoms. The molecule has 0 aliphatic carbocycles. The van der Waals surface area contributed by atoms with Crippen LogP contribution in [0.5, 0.6) is 0 Å². The van der Waals surface area contributed by atoms with Crippen LogP contribution in [-0.2, 0) is 4.52 Å². The lowest BCUT2D eigenvalue weighted by Gasteiger charge is -2.04. The third kappa shape index (κ3) is 2.55. The summed E-state index contributed by atoms with van der Waals surface area (Å²) in [6.45, 7) is 3.64. The van der Waals surface area contributed by atoms with Crippen molar-refractivity contribution in [2.24, 2.45) is 0 Å². The first-order valence-corrected chi connectivity index (χ1v) is 7.33. The fourth-order valence-electron chi connectivity index (χ4n) is 1.41. The van der Waals surface area contributed by atoms with Gasteiger partial charge in [-0.3, -0.25) is 0 Å². The number of nitrogens with zero attached hydrogens (tertiary/aromatic N) is 1. The predicted octanol–water partition coefficient (Wildman–Crippen LogP) is 2.39. The van der Waals surface area contributed by atoms with E-state index in [4.69, 9.17) is 9.05 Å². The van der Waals surface area contributed by atoms with Gasteiger partial charge in [-0.15, -0.1) is 0 Å². The molecule has 1 N–H and O–H groups in total. The van der Waals surface area contributed by atoms with Gasteiger partial charge < -0.3 is 4.52 Å². The van der Waals surface area contributed by atoms with Crippen LogP contribution in [0.25, 0.3) is 11.3 Å². The Morgan fingerprint density at radius 2 is 1.94 bits per heavy atom. The number of hydrogen-bond donors (Lipinski definition) is 1. The summed E-state index contributed by atoms with van der Waals surface area (Å²) in [5.41, 5.74) is 3.25. The van der Waals surface area contributed by atoms with E-state index in [0.29, 0.717) is 11.2 Å². The highest BCUT2D eigenvalue weighted by Crippen LogP contribution is 2.49. The van der Waals surface area contributed by atoms with E-state index in [2.05, 4.69) is 5.16 Å². The van der Waals surface area contributed by atoms with Crippen molar-refractivity contribution in [1.29, 1.82) is 0 Å². The molecule has 0 amide bonds.